The minimum Gasteiger partial charge on any atom is -0.328 e. The van der Waals surface area contributed by atoms with Crippen molar-refractivity contribution in [1.82, 2.24) is 8.61 Å². The second-order valence-corrected chi connectivity index (χ2v) is 6.53. The molecular weight excluding hydrogens is 250 g/mol. The van der Waals surface area contributed by atoms with Crippen LogP contribution in [0, 0.1) is 5.92 Å². The number of rotatable bonds is 3. The Balaban J connectivity index is 0.00000225. The van der Waals surface area contributed by atoms with Crippen molar-refractivity contribution < 1.29 is 8.42 Å². The normalized spacial score (nSPS) is 21.8. The maximum absolute atomic E-state index is 11.8. The van der Waals surface area contributed by atoms with Crippen LogP contribution in [0.2, 0.25) is 0 Å². The van der Waals surface area contributed by atoms with Crippen LogP contribution >= 0.6 is 12.4 Å². The van der Waals surface area contributed by atoms with Gasteiger partial charge in [-0.15, -0.1) is 12.4 Å². The summed E-state index contributed by atoms with van der Waals surface area (Å²) in [6.45, 7) is 3.17. The molecule has 1 unspecified atom stereocenters. The van der Waals surface area contributed by atoms with Crippen LogP contribution in [0.25, 0.3) is 0 Å². The molecule has 0 radical (unpaired) electrons. The highest BCUT2D eigenvalue weighted by molar-refractivity contribution is 7.86. The zero-order valence-electron chi connectivity index (χ0n) is 10.1. The molecule has 0 aromatic carbocycles. The first-order valence-corrected chi connectivity index (χ1v) is 6.68. The summed E-state index contributed by atoms with van der Waals surface area (Å²) in [5.74, 6) is 0.457. The predicted octanol–water partition coefficient (Wildman–Crippen LogP) is 0.274. The lowest BCUT2D eigenvalue weighted by Crippen LogP contribution is -2.46. The van der Waals surface area contributed by atoms with Gasteiger partial charge in [0.25, 0.3) is 10.2 Å². The molecule has 1 aliphatic heterocycles. The van der Waals surface area contributed by atoms with Gasteiger partial charge in [0.05, 0.1) is 0 Å². The smallest absolute Gasteiger partial charge is 0.281 e. The number of piperidine rings is 1. The van der Waals surface area contributed by atoms with Crippen LogP contribution in [-0.2, 0) is 10.2 Å². The first-order valence-electron chi connectivity index (χ1n) is 5.29. The van der Waals surface area contributed by atoms with Crippen LogP contribution in [0.1, 0.15) is 19.8 Å². The molecule has 0 aliphatic carbocycles. The zero-order valence-corrected chi connectivity index (χ0v) is 11.7. The molecule has 2 N–H and O–H groups in total. The van der Waals surface area contributed by atoms with E-state index in [2.05, 4.69) is 0 Å². The van der Waals surface area contributed by atoms with Crippen molar-refractivity contribution in [3.05, 3.63) is 0 Å². The minimum absolute atomic E-state index is 0. The molecule has 1 saturated heterocycles. The van der Waals surface area contributed by atoms with E-state index in [1.54, 1.807) is 14.1 Å². The van der Waals surface area contributed by atoms with E-state index in [1.807, 2.05) is 6.92 Å². The van der Waals surface area contributed by atoms with Gasteiger partial charge in [0.2, 0.25) is 0 Å². The third-order valence-electron chi connectivity index (χ3n) is 3.03. The molecular formula is C9H22ClN3O2S. The Kier molecular flexibility index (Phi) is 6.21. The molecule has 16 heavy (non-hydrogen) atoms. The minimum atomic E-state index is -3.22. The van der Waals surface area contributed by atoms with Crippen molar-refractivity contribution in [3.63, 3.8) is 0 Å². The van der Waals surface area contributed by atoms with Crippen molar-refractivity contribution in [1.29, 1.82) is 0 Å². The summed E-state index contributed by atoms with van der Waals surface area (Å²) >= 11 is 0. The summed E-state index contributed by atoms with van der Waals surface area (Å²) in [6, 6.07) is 0.161. The van der Waals surface area contributed by atoms with Gasteiger partial charge in [-0.25, -0.2) is 0 Å². The van der Waals surface area contributed by atoms with E-state index >= 15 is 0 Å². The molecule has 0 amide bonds. The second kappa shape index (κ2) is 6.16. The summed E-state index contributed by atoms with van der Waals surface area (Å²) in [4.78, 5) is 0. The van der Waals surface area contributed by atoms with Crippen LogP contribution in [0.15, 0.2) is 0 Å². The molecule has 1 atom stereocenters. The quantitative estimate of drug-likeness (QED) is 0.802. The average Bonchev–Trinajstić information content (AvgIpc) is 2.17. The highest BCUT2D eigenvalue weighted by atomic mass is 35.5. The Morgan fingerprint density at radius 2 is 1.75 bits per heavy atom. The Bertz CT molecular complexity index is 298. The van der Waals surface area contributed by atoms with Crippen molar-refractivity contribution >= 4 is 22.6 Å². The molecule has 1 rings (SSSR count). The lowest BCUT2D eigenvalue weighted by molar-refractivity contribution is 0.242. The summed E-state index contributed by atoms with van der Waals surface area (Å²) in [5, 5.41) is 0. The van der Waals surface area contributed by atoms with E-state index in [-0.39, 0.29) is 18.4 Å². The molecule has 1 heterocycles. The number of hydrogen-bond donors (Lipinski definition) is 1. The standard InChI is InChI=1S/C9H21N3O2S.ClH/c1-8(10)9-4-6-12(7-5-9)15(13,14)11(2)3;/h8-9H,4-7,10H2,1-3H3;1H. The zero-order chi connectivity index (χ0) is 11.6. The summed E-state index contributed by atoms with van der Waals surface area (Å²) in [7, 11) is -0.0983. The highest BCUT2D eigenvalue weighted by Crippen LogP contribution is 2.22. The van der Waals surface area contributed by atoms with Crippen LogP contribution in [0.4, 0.5) is 0 Å². The van der Waals surface area contributed by atoms with Gasteiger partial charge < -0.3 is 5.73 Å². The Labute approximate surface area is 105 Å². The Hall–Kier alpha value is 0.120. The number of halogens is 1. The first-order chi connectivity index (χ1) is 6.85. The summed E-state index contributed by atoms with van der Waals surface area (Å²) in [6.07, 6.45) is 1.73. The van der Waals surface area contributed by atoms with Gasteiger partial charge >= 0.3 is 0 Å². The van der Waals surface area contributed by atoms with Gasteiger partial charge in [-0.2, -0.15) is 17.0 Å². The predicted molar refractivity (Wildman–Crippen MR) is 67.8 cm³/mol. The topological polar surface area (TPSA) is 66.6 Å². The molecule has 0 spiro atoms. The fourth-order valence-electron chi connectivity index (χ4n) is 1.86. The lowest BCUT2D eigenvalue weighted by atomic mass is 9.92. The average molecular weight is 272 g/mol. The molecule has 98 valence electrons. The molecule has 7 heteroatoms. The largest absolute Gasteiger partial charge is 0.328 e. The third-order valence-corrected chi connectivity index (χ3v) is 4.97. The van der Waals surface area contributed by atoms with Gasteiger partial charge in [-0.05, 0) is 25.7 Å². The van der Waals surface area contributed by atoms with E-state index in [0.717, 1.165) is 12.8 Å². The third kappa shape index (κ3) is 3.56. The fraction of sp³-hybridized carbons (Fsp3) is 1.00. The van der Waals surface area contributed by atoms with E-state index < -0.39 is 10.2 Å². The summed E-state index contributed by atoms with van der Waals surface area (Å²) < 4.78 is 26.4. The van der Waals surface area contributed by atoms with Crippen molar-refractivity contribution in [3.8, 4) is 0 Å². The van der Waals surface area contributed by atoms with Gasteiger partial charge in [0.1, 0.15) is 0 Å². The van der Waals surface area contributed by atoms with E-state index in [9.17, 15) is 8.42 Å². The molecule has 0 aromatic rings. The van der Waals surface area contributed by atoms with Crippen LogP contribution in [0.5, 0.6) is 0 Å². The fourth-order valence-corrected chi connectivity index (χ4v) is 3.00. The second-order valence-electron chi connectivity index (χ2n) is 4.39. The maximum atomic E-state index is 11.8. The van der Waals surface area contributed by atoms with Crippen LogP contribution in [-0.4, -0.2) is 50.3 Å². The van der Waals surface area contributed by atoms with E-state index in [1.165, 1.54) is 8.61 Å². The Morgan fingerprint density at radius 1 is 1.31 bits per heavy atom. The SMILES string of the molecule is CC(N)C1CCN(S(=O)(=O)N(C)C)CC1.Cl. The van der Waals surface area contributed by atoms with Crippen LogP contribution in [0.3, 0.4) is 0 Å². The maximum Gasteiger partial charge on any atom is 0.281 e. The number of hydrogen-bond acceptors (Lipinski definition) is 3. The van der Waals surface area contributed by atoms with Gasteiger partial charge in [0, 0.05) is 33.2 Å². The van der Waals surface area contributed by atoms with Gasteiger partial charge in [-0.1, -0.05) is 0 Å². The van der Waals surface area contributed by atoms with E-state index in [0.29, 0.717) is 19.0 Å². The first kappa shape index (κ1) is 16.1. The highest BCUT2D eigenvalue weighted by Gasteiger charge is 2.30. The van der Waals surface area contributed by atoms with Crippen molar-refractivity contribution in [2.45, 2.75) is 25.8 Å². The Morgan fingerprint density at radius 3 is 2.06 bits per heavy atom. The van der Waals surface area contributed by atoms with Gasteiger partial charge in [0.15, 0.2) is 0 Å². The van der Waals surface area contributed by atoms with Gasteiger partial charge in [-0.3, -0.25) is 0 Å². The molecule has 0 aromatic heterocycles. The number of nitrogens with zero attached hydrogens (tertiary/aromatic N) is 2. The number of nitrogens with two attached hydrogens (primary N) is 1. The molecule has 1 aliphatic rings. The van der Waals surface area contributed by atoms with Crippen molar-refractivity contribution in [2.24, 2.45) is 11.7 Å². The summed E-state index contributed by atoms with van der Waals surface area (Å²) in [5.41, 5.74) is 5.80. The van der Waals surface area contributed by atoms with Crippen LogP contribution < -0.4 is 5.73 Å². The molecule has 0 saturated carbocycles. The molecule has 5 nitrogen and oxygen atoms in total. The lowest BCUT2D eigenvalue weighted by Gasteiger charge is -2.34. The molecule has 0 bridgehead atoms. The van der Waals surface area contributed by atoms with E-state index in [4.69, 9.17) is 5.73 Å². The van der Waals surface area contributed by atoms with Crippen molar-refractivity contribution in [2.75, 3.05) is 27.2 Å². The monoisotopic (exact) mass is 271 g/mol. The molecule has 1 fully saturated rings.